The Morgan fingerprint density at radius 2 is 2.64 bits per heavy atom. The zero-order chi connectivity index (χ0) is 9.97. The third kappa shape index (κ3) is 1.93. The van der Waals surface area contributed by atoms with Crippen LogP contribution in [0.1, 0.15) is 12.1 Å². The molecule has 0 spiro atoms. The van der Waals surface area contributed by atoms with Crippen molar-refractivity contribution >= 4 is 5.91 Å². The molecule has 0 bridgehead atoms. The molecule has 14 heavy (non-hydrogen) atoms. The molecule has 5 nitrogen and oxygen atoms in total. The fourth-order valence-electron chi connectivity index (χ4n) is 1.55. The summed E-state index contributed by atoms with van der Waals surface area (Å²) in [5.74, 6) is 0.132. The first-order chi connectivity index (χ1) is 6.75. The van der Waals surface area contributed by atoms with Gasteiger partial charge in [0.2, 0.25) is 5.91 Å². The number of aryl methyl sites for hydroxylation is 1. The van der Waals surface area contributed by atoms with E-state index in [1.807, 2.05) is 17.8 Å². The van der Waals surface area contributed by atoms with Gasteiger partial charge in [0.25, 0.3) is 0 Å². The average molecular weight is 194 g/mol. The summed E-state index contributed by atoms with van der Waals surface area (Å²) in [7, 11) is 1.96. The van der Waals surface area contributed by atoms with Gasteiger partial charge in [0.15, 0.2) is 0 Å². The molecule has 1 unspecified atom stereocenters. The summed E-state index contributed by atoms with van der Waals surface area (Å²) in [6.07, 6.45) is 4.18. The average Bonchev–Trinajstić information content (AvgIpc) is 2.72. The highest BCUT2D eigenvalue weighted by Crippen LogP contribution is 2.01. The summed E-state index contributed by atoms with van der Waals surface area (Å²) in [5, 5.41) is 6.10. The van der Waals surface area contributed by atoms with E-state index in [4.69, 9.17) is 0 Å². The lowest BCUT2D eigenvalue weighted by Crippen LogP contribution is -2.30. The topological polar surface area (TPSA) is 59.0 Å². The maximum atomic E-state index is 10.9. The molecule has 1 aliphatic rings. The van der Waals surface area contributed by atoms with E-state index in [1.165, 1.54) is 0 Å². The highest BCUT2D eigenvalue weighted by molar-refractivity contribution is 5.78. The third-order valence-corrected chi connectivity index (χ3v) is 2.47. The minimum Gasteiger partial charge on any atom is -0.354 e. The second-order valence-electron chi connectivity index (χ2n) is 3.58. The van der Waals surface area contributed by atoms with Crippen molar-refractivity contribution in [2.24, 2.45) is 7.05 Å². The number of carbonyl (C=O) groups excluding carboxylic acids is 1. The van der Waals surface area contributed by atoms with E-state index in [-0.39, 0.29) is 11.9 Å². The van der Waals surface area contributed by atoms with Crippen molar-refractivity contribution in [3.8, 4) is 0 Å². The van der Waals surface area contributed by atoms with Gasteiger partial charge in [-0.25, -0.2) is 4.98 Å². The molecular weight excluding hydrogens is 180 g/mol. The lowest BCUT2D eigenvalue weighted by atomic mass is 10.2. The van der Waals surface area contributed by atoms with Crippen molar-refractivity contribution < 1.29 is 4.79 Å². The Labute approximate surface area is 82.5 Å². The van der Waals surface area contributed by atoms with Crippen LogP contribution in [0.5, 0.6) is 0 Å². The van der Waals surface area contributed by atoms with Gasteiger partial charge in [-0.05, 0) is 0 Å². The van der Waals surface area contributed by atoms with E-state index in [0.29, 0.717) is 6.42 Å². The molecule has 76 valence electrons. The summed E-state index contributed by atoms with van der Waals surface area (Å²) < 4.78 is 1.97. The van der Waals surface area contributed by atoms with Gasteiger partial charge in [-0.3, -0.25) is 4.79 Å². The first-order valence-electron chi connectivity index (χ1n) is 4.71. The number of nitrogens with one attached hydrogen (secondary N) is 2. The molecule has 1 atom stereocenters. The SMILES string of the molecule is Cn1cncc1CNC1CNC(=O)C1. The molecule has 2 N–H and O–H groups in total. The van der Waals surface area contributed by atoms with Crippen LogP contribution >= 0.6 is 0 Å². The molecule has 0 radical (unpaired) electrons. The van der Waals surface area contributed by atoms with E-state index >= 15 is 0 Å². The van der Waals surface area contributed by atoms with Crippen molar-refractivity contribution in [1.82, 2.24) is 20.2 Å². The maximum Gasteiger partial charge on any atom is 0.221 e. The number of nitrogens with zero attached hydrogens (tertiary/aromatic N) is 2. The number of hydrogen-bond donors (Lipinski definition) is 2. The van der Waals surface area contributed by atoms with Crippen LogP contribution in [-0.4, -0.2) is 28.0 Å². The van der Waals surface area contributed by atoms with E-state index in [2.05, 4.69) is 15.6 Å². The van der Waals surface area contributed by atoms with Gasteiger partial charge in [-0.2, -0.15) is 0 Å². The number of carbonyl (C=O) groups is 1. The van der Waals surface area contributed by atoms with Gasteiger partial charge < -0.3 is 15.2 Å². The largest absolute Gasteiger partial charge is 0.354 e. The maximum absolute atomic E-state index is 10.9. The van der Waals surface area contributed by atoms with E-state index in [1.54, 1.807) is 6.33 Å². The van der Waals surface area contributed by atoms with Crippen molar-refractivity contribution in [3.63, 3.8) is 0 Å². The van der Waals surface area contributed by atoms with E-state index in [9.17, 15) is 4.79 Å². The monoisotopic (exact) mass is 194 g/mol. The van der Waals surface area contributed by atoms with E-state index in [0.717, 1.165) is 18.8 Å². The summed E-state index contributed by atoms with van der Waals surface area (Å²) in [4.78, 5) is 14.9. The quantitative estimate of drug-likeness (QED) is 0.675. The Balaban J connectivity index is 1.83. The van der Waals surface area contributed by atoms with Gasteiger partial charge in [0.1, 0.15) is 0 Å². The van der Waals surface area contributed by atoms with Crippen LogP contribution in [0.2, 0.25) is 0 Å². The molecule has 0 aromatic carbocycles. The minimum absolute atomic E-state index is 0.132. The Hall–Kier alpha value is -1.36. The van der Waals surface area contributed by atoms with Crippen molar-refractivity contribution in [2.75, 3.05) is 6.54 Å². The number of imidazole rings is 1. The minimum atomic E-state index is 0.132. The van der Waals surface area contributed by atoms with Crippen molar-refractivity contribution in [3.05, 3.63) is 18.2 Å². The predicted octanol–water partition coefficient (Wildman–Crippen LogP) is -0.602. The fourth-order valence-corrected chi connectivity index (χ4v) is 1.55. The normalized spacial score (nSPS) is 21.2. The van der Waals surface area contributed by atoms with Gasteiger partial charge in [-0.15, -0.1) is 0 Å². The second-order valence-corrected chi connectivity index (χ2v) is 3.58. The predicted molar refractivity (Wildman–Crippen MR) is 51.5 cm³/mol. The van der Waals surface area contributed by atoms with Crippen LogP contribution in [0, 0.1) is 0 Å². The van der Waals surface area contributed by atoms with Crippen molar-refractivity contribution in [2.45, 2.75) is 19.0 Å². The summed E-state index contributed by atoms with van der Waals surface area (Å²) >= 11 is 0. The molecule has 0 aliphatic carbocycles. The van der Waals surface area contributed by atoms with Gasteiger partial charge in [0.05, 0.1) is 12.0 Å². The van der Waals surface area contributed by atoms with Crippen LogP contribution in [0.15, 0.2) is 12.5 Å². The first-order valence-corrected chi connectivity index (χ1v) is 4.71. The highest BCUT2D eigenvalue weighted by Gasteiger charge is 2.20. The Morgan fingerprint density at radius 3 is 3.21 bits per heavy atom. The fraction of sp³-hybridized carbons (Fsp3) is 0.556. The molecule has 0 saturated carbocycles. The molecule has 1 aliphatic heterocycles. The van der Waals surface area contributed by atoms with Crippen LogP contribution in [0.25, 0.3) is 0 Å². The van der Waals surface area contributed by atoms with Crippen LogP contribution < -0.4 is 10.6 Å². The molecule has 1 aromatic heterocycles. The molecule has 2 rings (SSSR count). The standard InChI is InChI=1S/C9H14N4O/c1-13-6-10-4-8(13)5-11-7-2-9(14)12-3-7/h4,6-7,11H,2-3,5H2,1H3,(H,12,14). The highest BCUT2D eigenvalue weighted by atomic mass is 16.1. The smallest absolute Gasteiger partial charge is 0.221 e. The van der Waals surface area contributed by atoms with Crippen LogP contribution in [0.3, 0.4) is 0 Å². The van der Waals surface area contributed by atoms with Gasteiger partial charge >= 0.3 is 0 Å². The molecule has 1 saturated heterocycles. The molecule has 1 fully saturated rings. The lowest BCUT2D eigenvalue weighted by Gasteiger charge is -2.09. The zero-order valence-corrected chi connectivity index (χ0v) is 8.16. The van der Waals surface area contributed by atoms with E-state index < -0.39 is 0 Å². The Morgan fingerprint density at radius 1 is 1.79 bits per heavy atom. The Bertz CT molecular complexity index is 333. The molecule has 1 aromatic rings. The molecule has 1 amide bonds. The lowest BCUT2D eigenvalue weighted by molar-refractivity contribution is -0.119. The molecule has 2 heterocycles. The third-order valence-electron chi connectivity index (χ3n) is 2.47. The Kier molecular flexibility index (Phi) is 2.49. The number of aromatic nitrogens is 2. The summed E-state index contributed by atoms with van der Waals surface area (Å²) in [5.41, 5.74) is 1.13. The summed E-state index contributed by atoms with van der Waals surface area (Å²) in [6.45, 7) is 1.49. The van der Waals surface area contributed by atoms with Gasteiger partial charge in [0, 0.05) is 38.8 Å². The molecular formula is C9H14N4O. The number of hydrogen-bond acceptors (Lipinski definition) is 3. The number of amides is 1. The summed E-state index contributed by atoms with van der Waals surface area (Å²) in [6, 6.07) is 0.261. The van der Waals surface area contributed by atoms with Crippen LogP contribution in [0.4, 0.5) is 0 Å². The molecule has 5 heteroatoms. The van der Waals surface area contributed by atoms with Gasteiger partial charge in [-0.1, -0.05) is 0 Å². The zero-order valence-electron chi connectivity index (χ0n) is 8.16. The van der Waals surface area contributed by atoms with Crippen molar-refractivity contribution in [1.29, 1.82) is 0 Å². The van der Waals surface area contributed by atoms with Crippen LogP contribution in [-0.2, 0) is 18.4 Å². The second kappa shape index (κ2) is 3.79. The first kappa shape index (κ1) is 9.21. The number of rotatable bonds is 3.